The maximum Gasteiger partial charge on any atom is 0.336 e. The molecule has 28 heavy (non-hydrogen) atoms. The molecule has 1 fully saturated rings. The molecule has 4 rings (SSSR count). The van der Waals surface area contributed by atoms with Crippen LogP contribution in [0.2, 0.25) is 5.02 Å². The van der Waals surface area contributed by atoms with Crippen molar-refractivity contribution in [1.29, 1.82) is 0 Å². The molecule has 0 unspecified atom stereocenters. The molecule has 2 aromatic heterocycles. The monoisotopic (exact) mass is 393 g/mol. The van der Waals surface area contributed by atoms with Gasteiger partial charge in [-0.1, -0.05) is 23.7 Å². The highest BCUT2D eigenvalue weighted by atomic mass is 35.5. The molecule has 1 aromatic carbocycles. The van der Waals surface area contributed by atoms with Crippen LogP contribution in [-0.2, 0) is 9.59 Å². The number of nitrogens with one attached hydrogen (secondary N) is 1. The third-order valence-corrected chi connectivity index (χ3v) is 4.26. The van der Waals surface area contributed by atoms with Crippen LogP contribution in [0.25, 0.3) is 17.4 Å². The summed E-state index contributed by atoms with van der Waals surface area (Å²) in [6, 6.07) is 12.7. The zero-order valence-corrected chi connectivity index (χ0v) is 15.0. The second kappa shape index (κ2) is 7.13. The molecule has 3 aromatic rings. The number of carbonyl (C=O) groups excluding carboxylic acids is 3. The highest BCUT2D eigenvalue weighted by Crippen LogP contribution is 2.27. The molecule has 0 spiro atoms. The van der Waals surface area contributed by atoms with Crippen LogP contribution in [-0.4, -0.2) is 22.8 Å². The number of nitrogens with zero attached hydrogens (tertiary/aromatic N) is 2. The fraction of sp³-hybridized carbons (Fsp3) is 0. The molecular formula is C20H12ClN3O4. The van der Waals surface area contributed by atoms with Crippen LogP contribution >= 0.6 is 11.6 Å². The number of aromatic nitrogens is 1. The van der Waals surface area contributed by atoms with Gasteiger partial charge in [-0.3, -0.25) is 19.9 Å². The van der Waals surface area contributed by atoms with E-state index in [1.54, 1.807) is 42.5 Å². The average molecular weight is 394 g/mol. The number of urea groups is 1. The fourth-order valence-electron chi connectivity index (χ4n) is 2.75. The Bertz CT molecular complexity index is 1120. The highest BCUT2D eigenvalue weighted by molar-refractivity contribution is 6.39. The predicted molar refractivity (Wildman–Crippen MR) is 102 cm³/mol. The minimum absolute atomic E-state index is 0.226. The van der Waals surface area contributed by atoms with Crippen LogP contribution in [0.3, 0.4) is 0 Å². The third-order valence-electron chi connectivity index (χ3n) is 4.03. The van der Waals surface area contributed by atoms with E-state index in [-0.39, 0.29) is 17.0 Å². The molecule has 1 aliphatic heterocycles. The van der Waals surface area contributed by atoms with Crippen LogP contribution < -0.4 is 10.2 Å². The minimum atomic E-state index is -0.834. The van der Waals surface area contributed by atoms with Crippen molar-refractivity contribution in [3.05, 3.63) is 77.3 Å². The topological polar surface area (TPSA) is 92.5 Å². The molecule has 1 aliphatic rings. The van der Waals surface area contributed by atoms with E-state index in [9.17, 15) is 14.4 Å². The lowest BCUT2D eigenvalue weighted by Crippen LogP contribution is -2.54. The molecule has 0 bridgehead atoms. The number of anilines is 1. The number of amides is 4. The van der Waals surface area contributed by atoms with Gasteiger partial charge in [-0.2, -0.15) is 0 Å². The van der Waals surface area contributed by atoms with Gasteiger partial charge >= 0.3 is 6.03 Å². The summed E-state index contributed by atoms with van der Waals surface area (Å²) in [6.45, 7) is 0. The van der Waals surface area contributed by atoms with Crippen molar-refractivity contribution in [2.45, 2.75) is 0 Å². The van der Waals surface area contributed by atoms with E-state index in [0.717, 1.165) is 10.5 Å². The van der Waals surface area contributed by atoms with Gasteiger partial charge in [0.1, 0.15) is 17.1 Å². The van der Waals surface area contributed by atoms with E-state index >= 15 is 0 Å². The van der Waals surface area contributed by atoms with E-state index < -0.39 is 17.8 Å². The number of hydrogen-bond donors (Lipinski definition) is 1. The fourth-order valence-corrected chi connectivity index (χ4v) is 2.94. The summed E-state index contributed by atoms with van der Waals surface area (Å²) in [4.78, 5) is 41.8. The van der Waals surface area contributed by atoms with Crippen molar-refractivity contribution in [3.8, 4) is 11.3 Å². The summed E-state index contributed by atoms with van der Waals surface area (Å²) < 4.78 is 5.71. The quantitative estimate of drug-likeness (QED) is 0.541. The van der Waals surface area contributed by atoms with Crippen molar-refractivity contribution in [2.24, 2.45) is 0 Å². The Hall–Kier alpha value is -3.71. The molecule has 0 saturated carbocycles. The Balaban J connectivity index is 1.68. The van der Waals surface area contributed by atoms with Gasteiger partial charge in [0.15, 0.2) is 0 Å². The second-order valence-electron chi connectivity index (χ2n) is 5.88. The smallest absolute Gasteiger partial charge is 0.336 e. The van der Waals surface area contributed by atoms with E-state index in [2.05, 4.69) is 10.3 Å². The molecule has 8 heteroatoms. The summed E-state index contributed by atoms with van der Waals surface area (Å²) in [7, 11) is 0. The van der Waals surface area contributed by atoms with Crippen molar-refractivity contribution in [3.63, 3.8) is 0 Å². The Morgan fingerprint density at radius 3 is 2.68 bits per heavy atom. The second-order valence-corrected chi connectivity index (χ2v) is 6.32. The van der Waals surface area contributed by atoms with Gasteiger partial charge in [0, 0.05) is 16.8 Å². The molecule has 3 heterocycles. The van der Waals surface area contributed by atoms with Crippen LogP contribution in [0, 0.1) is 0 Å². The standard InChI is InChI=1S/C20H12ClN3O4/c21-13-4-1-3-12(9-13)17-7-6-15(28-17)10-16-18(25)23-20(27)24(19(16)26)14-5-2-8-22-11-14/h1-11H,(H,23,25,27)/b16-10+. The van der Waals surface area contributed by atoms with Gasteiger partial charge in [0.2, 0.25) is 0 Å². The molecular weight excluding hydrogens is 382 g/mol. The molecule has 7 nitrogen and oxygen atoms in total. The van der Waals surface area contributed by atoms with E-state index in [4.69, 9.17) is 16.0 Å². The Kier molecular flexibility index (Phi) is 4.50. The Morgan fingerprint density at radius 1 is 1.07 bits per heavy atom. The van der Waals surface area contributed by atoms with Gasteiger partial charge in [0.25, 0.3) is 11.8 Å². The number of furan rings is 1. The SMILES string of the molecule is O=C1NC(=O)N(c2cccnc2)C(=O)/C1=C/c1ccc(-c2cccc(Cl)c2)o1. The number of pyridine rings is 1. The van der Waals surface area contributed by atoms with Gasteiger partial charge < -0.3 is 4.42 Å². The number of rotatable bonds is 3. The van der Waals surface area contributed by atoms with Gasteiger partial charge in [-0.15, -0.1) is 0 Å². The largest absolute Gasteiger partial charge is 0.457 e. The predicted octanol–water partition coefficient (Wildman–Crippen LogP) is 3.66. The molecule has 0 radical (unpaired) electrons. The normalized spacial score (nSPS) is 15.8. The Labute approximate surface area is 164 Å². The summed E-state index contributed by atoms with van der Waals surface area (Å²) in [5.74, 6) is -0.745. The first-order valence-corrected chi connectivity index (χ1v) is 8.58. The van der Waals surface area contributed by atoms with Crippen LogP contribution in [0.15, 0.2) is 70.9 Å². The highest BCUT2D eigenvalue weighted by Gasteiger charge is 2.37. The van der Waals surface area contributed by atoms with Crippen LogP contribution in [0.1, 0.15) is 5.76 Å². The summed E-state index contributed by atoms with van der Waals surface area (Å²) in [5.41, 5.74) is 0.779. The lowest BCUT2D eigenvalue weighted by Gasteiger charge is -2.25. The molecule has 138 valence electrons. The molecule has 0 aliphatic carbocycles. The molecule has 4 amide bonds. The van der Waals surface area contributed by atoms with Crippen molar-refractivity contribution >= 4 is 41.2 Å². The van der Waals surface area contributed by atoms with Crippen molar-refractivity contribution < 1.29 is 18.8 Å². The van der Waals surface area contributed by atoms with Crippen LogP contribution in [0.5, 0.6) is 0 Å². The lowest BCUT2D eigenvalue weighted by molar-refractivity contribution is -0.122. The lowest BCUT2D eigenvalue weighted by atomic mass is 10.1. The first kappa shape index (κ1) is 17.7. The summed E-state index contributed by atoms with van der Waals surface area (Å²) in [5, 5.41) is 2.70. The molecule has 1 N–H and O–H groups in total. The van der Waals surface area contributed by atoms with Gasteiger partial charge in [-0.05, 0) is 42.5 Å². The molecule has 1 saturated heterocycles. The maximum absolute atomic E-state index is 12.8. The van der Waals surface area contributed by atoms with Crippen molar-refractivity contribution in [1.82, 2.24) is 10.3 Å². The van der Waals surface area contributed by atoms with Crippen molar-refractivity contribution in [2.75, 3.05) is 4.90 Å². The van der Waals surface area contributed by atoms with E-state index in [0.29, 0.717) is 10.8 Å². The Morgan fingerprint density at radius 2 is 1.93 bits per heavy atom. The van der Waals surface area contributed by atoms with Gasteiger partial charge in [-0.25, -0.2) is 9.69 Å². The summed E-state index contributed by atoms with van der Waals surface area (Å²) >= 11 is 5.99. The minimum Gasteiger partial charge on any atom is -0.457 e. The van der Waals surface area contributed by atoms with Gasteiger partial charge in [0.05, 0.1) is 11.9 Å². The zero-order chi connectivity index (χ0) is 19.7. The first-order valence-electron chi connectivity index (χ1n) is 8.20. The number of carbonyl (C=O) groups is 3. The van der Waals surface area contributed by atoms with E-state index in [1.165, 1.54) is 18.5 Å². The summed E-state index contributed by atoms with van der Waals surface area (Å²) in [6.07, 6.45) is 4.16. The number of benzene rings is 1. The van der Waals surface area contributed by atoms with Crippen LogP contribution in [0.4, 0.5) is 10.5 Å². The number of halogens is 1. The third kappa shape index (κ3) is 3.30. The zero-order valence-electron chi connectivity index (χ0n) is 14.3. The average Bonchev–Trinajstić information content (AvgIpc) is 3.15. The number of imide groups is 2. The number of barbiturate groups is 1. The molecule has 0 atom stereocenters. The first-order chi connectivity index (χ1) is 13.5. The maximum atomic E-state index is 12.8. The number of hydrogen-bond acceptors (Lipinski definition) is 5. The van der Waals surface area contributed by atoms with E-state index in [1.807, 2.05) is 6.07 Å².